The van der Waals surface area contributed by atoms with Crippen LogP contribution in [0.25, 0.3) is 10.2 Å². The summed E-state index contributed by atoms with van der Waals surface area (Å²) in [5.74, 6) is 0. The highest BCUT2D eigenvalue weighted by Gasteiger charge is 2.08. The summed E-state index contributed by atoms with van der Waals surface area (Å²) in [4.78, 5) is 4.20. The quantitative estimate of drug-likeness (QED) is 0.582. The molecule has 0 aliphatic heterocycles. The highest BCUT2D eigenvalue weighted by molar-refractivity contribution is 14.1. The van der Waals surface area contributed by atoms with E-state index in [9.17, 15) is 0 Å². The van der Waals surface area contributed by atoms with Gasteiger partial charge in [0.15, 0.2) is 0 Å². The van der Waals surface area contributed by atoms with Crippen molar-refractivity contribution in [2.75, 3.05) is 5.73 Å². The third-order valence-corrected chi connectivity index (χ3v) is 4.19. The first kappa shape index (κ1) is 8.71. The zero-order chi connectivity index (χ0) is 8.72. The Hall–Kier alpha value is 0.120. The minimum absolute atomic E-state index is 0.773. The monoisotopic (exact) mass is 354 g/mol. The van der Waals surface area contributed by atoms with Gasteiger partial charge in [-0.1, -0.05) is 0 Å². The molecule has 0 unspecified atom stereocenters. The zero-order valence-corrected chi connectivity index (χ0v) is 10.4. The Morgan fingerprint density at radius 1 is 1.58 bits per heavy atom. The largest absolute Gasteiger partial charge is 0.396 e. The van der Waals surface area contributed by atoms with Crippen molar-refractivity contribution in [1.29, 1.82) is 0 Å². The molecule has 1 heterocycles. The molecule has 12 heavy (non-hydrogen) atoms. The number of hydrogen-bond acceptors (Lipinski definition) is 3. The second-order valence-electron chi connectivity index (χ2n) is 2.28. The van der Waals surface area contributed by atoms with Gasteiger partial charge in [0.2, 0.25) is 0 Å². The van der Waals surface area contributed by atoms with Crippen LogP contribution < -0.4 is 5.73 Å². The number of nitrogens with zero attached hydrogens (tertiary/aromatic N) is 1. The first-order chi connectivity index (χ1) is 5.70. The lowest BCUT2D eigenvalue weighted by Gasteiger charge is -2.00. The van der Waals surface area contributed by atoms with Gasteiger partial charge in [0, 0.05) is 8.04 Å². The van der Waals surface area contributed by atoms with Gasteiger partial charge in [-0.05, 0) is 44.6 Å². The molecule has 1 aromatic heterocycles. The molecule has 0 spiro atoms. The van der Waals surface area contributed by atoms with Crippen LogP contribution in [0.1, 0.15) is 0 Å². The molecule has 0 bridgehead atoms. The Labute approximate surface area is 95.4 Å². The molecule has 0 fully saturated rings. The molecular weight excluding hydrogens is 351 g/mol. The summed E-state index contributed by atoms with van der Waals surface area (Å²) >= 11 is 7.27. The highest BCUT2D eigenvalue weighted by Crippen LogP contribution is 2.34. The summed E-state index contributed by atoms with van der Waals surface area (Å²) in [6.45, 7) is 0. The Balaban J connectivity index is 2.97. The molecule has 0 aliphatic carbocycles. The van der Waals surface area contributed by atoms with E-state index < -0.39 is 0 Å². The molecule has 62 valence electrons. The number of thiazole rings is 1. The summed E-state index contributed by atoms with van der Waals surface area (Å²) in [6.07, 6.45) is 0. The van der Waals surface area contributed by atoms with Gasteiger partial charge < -0.3 is 5.73 Å². The van der Waals surface area contributed by atoms with Gasteiger partial charge in [-0.25, -0.2) is 4.98 Å². The predicted octanol–water partition coefficient (Wildman–Crippen LogP) is 3.25. The van der Waals surface area contributed by atoms with Crippen molar-refractivity contribution < 1.29 is 0 Å². The summed E-state index contributed by atoms with van der Waals surface area (Å²) in [5.41, 5.74) is 9.33. The van der Waals surface area contributed by atoms with Crippen LogP contribution >= 0.6 is 49.9 Å². The first-order valence-electron chi connectivity index (χ1n) is 3.17. The fourth-order valence-corrected chi connectivity index (χ4v) is 3.38. The lowest BCUT2D eigenvalue weighted by atomic mass is 10.3. The van der Waals surface area contributed by atoms with Crippen molar-refractivity contribution in [2.24, 2.45) is 0 Å². The van der Waals surface area contributed by atoms with Crippen molar-refractivity contribution in [2.45, 2.75) is 0 Å². The number of nitrogens with two attached hydrogens (primary N) is 1. The van der Waals surface area contributed by atoms with Gasteiger partial charge >= 0.3 is 0 Å². The minimum atomic E-state index is 0.773. The zero-order valence-electron chi connectivity index (χ0n) is 5.84. The molecule has 5 heteroatoms. The van der Waals surface area contributed by atoms with E-state index in [2.05, 4.69) is 43.5 Å². The molecule has 1 aromatic carbocycles. The standard InChI is InChI=1S/C7H4BrIN2S/c8-3-1-4(9)5(10)6-7(3)12-2-11-6/h1-2H,10H2. The Morgan fingerprint density at radius 3 is 3.08 bits per heavy atom. The van der Waals surface area contributed by atoms with Crippen LogP contribution in [-0.4, -0.2) is 4.98 Å². The third kappa shape index (κ3) is 1.23. The Morgan fingerprint density at radius 2 is 2.33 bits per heavy atom. The molecule has 2 N–H and O–H groups in total. The maximum atomic E-state index is 5.85. The second-order valence-corrected chi connectivity index (χ2v) is 5.16. The first-order valence-corrected chi connectivity index (χ1v) is 5.92. The van der Waals surface area contributed by atoms with Crippen molar-refractivity contribution in [3.8, 4) is 0 Å². The average molecular weight is 355 g/mol. The van der Waals surface area contributed by atoms with Gasteiger partial charge in [-0.15, -0.1) is 11.3 Å². The average Bonchev–Trinajstić information content (AvgIpc) is 2.48. The molecule has 2 nitrogen and oxygen atoms in total. The molecule has 0 saturated heterocycles. The lowest BCUT2D eigenvalue weighted by Crippen LogP contribution is -1.90. The van der Waals surface area contributed by atoms with Gasteiger partial charge in [0.05, 0.1) is 15.9 Å². The van der Waals surface area contributed by atoms with E-state index in [4.69, 9.17) is 5.73 Å². The molecule has 2 rings (SSSR count). The van der Waals surface area contributed by atoms with Crippen LogP contribution in [0.5, 0.6) is 0 Å². The highest BCUT2D eigenvalue weighted by atomic mass is 127. The molecule has 0 radical (unpaired) electrons. The predicted molar refractivity (Wildman–Crippen MR) is 64.4 cm³/mol. The van der Waals surface area contributed by atoms with Gasteiger partial charge in [-0.2, -0.15) is 0 Å². The van der Waals surface area contributed by atoms with Crippen LogP contribution in [0.2, 0.25) is 0 Å². The van der Waals surface area contributed by atoms with E-state index in [0.717, 1.165) is 23.9 Å². The summed E-state index contributed by atoms with van der Waals surface area (Å²) < 4.78 is 3.23. The number of halogens is 2. The lowest BCUT2D eigenvalue weighted by molar-refractivity contribution is 1.49. The maximum absolute atomic E-state index is 5.85. The minimum Gasteiger partial charge on any atom is -0.396 e. The van der Waals surface area contributed by atoms with Crippen LogP contribution in [0.15, 0.2) is 16.0 Å². The van der Waals surface area contributed by atoms with Crippen molar-refractivity contribution in [3.05, 3.63) is 19.6 Å². The molecule has 0 amide bonds. The van der Waals surface area contributed by atoms with Crippen molar-refractivity contribution in [3.63, 3.8) is 0 Å². The van der Waals surface area contributed by atoms with Crippen molar-refractivity contribution >= 4 is 65.8 Å². The van der Waals surface area contributed by atoms with E-state index in [-0.39, 0.29) is 0 Å². The third-order valence-electron chi connectivity index (χ3n) is 1.55. The number of nitrogen functional groups attached to an aromatic ring is 1. The number of aromatic nitrogens is 1. The number of hydrogen-bond donors (Lipinski definition) is 1. The summed E-state index contributed by atoms with van der Waals surface area (Å²) in [6, 6.07) is 2.01. The van der Waals surface area contributed by atoms with E-state index in [1.165, 1.54) is 0 Å². The number of anilines is 1. The normalized spacial score (nSPS) is 10.8. The molecule has 0 atom stereocenters. The number of rotatable bonds is 0. The molecule has 2 aromatic rings. The van der Waals surface area contributed by atoms with Gasteiger partial charge in [-0.3, -0.25) is 0 Å². The number of benzene rings is 1. The molecule has 0 saturated carbocycles. The summed E-state index contributed by atoms with van der Waals surface area (Å²) in [5, 5.41) is 0. The molecule has 0 aliphatic rings. The van der Waals surface area contributed by atoms with Gasteiger partial charge in [0.25, 0.3) is 0 Å². The maximum Gasteiger partial charge on any atom is 0.106 e. The van der Waals surface area contributed by atoms with Crippen molar-refractivity contribution in [1.82, 2.24) is 4.98 Å². The second kappa shape index (κ2) is 3.12. The van der Waals surface area contributed by atoms with E-state index in [0.29, 0.717) is 0 Å². The fraction of sp³-hybridized carbons (Fsp3) is 0. The van der Waals surface area contributed by atoms with E-state index in [1.54, 1.807) is 11.3 Å². The van der Waals surface area contributed by atoms with E-state index >= 15 is 0 Å². The van der Waals surface area contributed by atoms with E-state index in [1.807, 2.05) is 11.6 Å². The Kier molecular flexibility index (Phi) is 2.26. The SMILES string of the molecule is Nc1c(I)cc(Br)c2scnc12. The van der Waals surface area contributed by atoms with Crippen LogP contribution in [0.3, 0.4) is 0 Å². The van der Waals surface area contributed by atoms with Crippen LogP contribution in [0.4, 0.5) is 5.69 Å². The number of fused-ring (bicyclic) bond motifs is 1. The van der Waals surface area contributed by atoms with Gasteiger partial charge in [0.1, 0.15) is 5.52 Å². The fourth-order valence-electron chi connectivity index (χ4n) is 0.975. The van der Waals surface area contributed by atoms with Crippen LogP contribution in [0, 0.1) is 3.57 Å². The van der Waals surface area contributed by atoms with Crippen LogP contribution in [-0.2, 0) is 0 Å². The summed E-state index contributed by atoms with van der Waals surface area (Å²) in [7, 11) is 0. The topological polar surface area (TPSA) is 38.9 Å². The molecular formula is C7H4BrIN2S. The Bertz CT molecular complexity index is 440. The smallest absolute Gasteiger partial charge is 0.106 e.